The first-order chi connectivity index (χ1) is 12.0. The second-order valence-corrected chi connectivity index (χ2v) is 6.23. The Bertz CT molecular complexity index is 864. The Morgan fingerprint density at radius 1 is 0.840 bits per heavy atom. The van der Waals surface area contributed by atoms with Crippen molar-refractivity contribution in [3.05, 3.63) is 64.3 Å². The van der Waals surface area contributed by atoms with Crippen LogP contribution in [0.5, 0.6) is 5.75 Å². The molecule has 0 aliphatic heterocycles. The normalized spacial score (nSPS) is 10.4. The number of hydrogen-bond donors (Lipinski definition) is 2. The summed E-state index contributed by atoms with van der Waals surface area (Å²) in [5.41, 5.74) is 2.44. The van der Waals surface area contributed by atoms with Crippen LogP contribution in [0.25, 0.3) is 0 Å². The summed E-state index contributed by atoms with van der Waals surface area (Å²) in [6.07, 6.45) is 0. The Hall–Kier alpha value is -2.50. The zero-order valence-corrected chi connectivity index (χ0v) is 15.2. The number of hydrogen-bond acceptors (Lipinski definition) is 5. The van der Waals surface area contributed by atoms with Gasteiger partial charge in [0.25, 0.3) is 0 Å². The molecule has 1 heterocycles. The zero-order chi connectivity index (χ0) is 17.8. The van der Waals surface area contributed by atoms with Gasteiger partial charge in [-0.1, -0.05) is 23.2 Å². The van der Waals surface area contributed by atoms with Crippen LogP contribution >= 0.6 is 23.2 Å². The van der Waals surface area contributed by atoms with Gasteiger partial charge in [0.15, 0.2) is 0 Å². The zero-order valence-electron chi connectivity index (χ0n) is 13.7. The van der Waals surface area contributed by atoms with E-state index in [2.05, 4.69) is 20.6 Å². The van der Waals surface area contributed by atoms with Crippen LogP contribution in [-0.2, 0) is 0 Å². The summed E-state index contributed by atoms with van der Waals surface area (Å²) in [6, 6.07) is 14.6. The summed E-state index contributed by atoms with van der Waals surface area (Å²) in [6.45, 7) is 1.90. The van der Waals surface area contributed by atoms with Gasteiger partial charge in [-0.05, 0) is 49.4 Å². The first kappa shape index (κ1) is 17.3. The molecule has 5 nitrogen and oxygen atoms in total. The number of nitrogens with zero attached hydrogens (tertiary/aromatic N) is 2. The second-order valence-electron chi connectivity index (χ2n) is 5.35. The summed E-state index contributed by atoms with van der Waals surface area (Å²) in [5, 5.41) is 7.45. The van der Waals surface area contributed by atoms with Gasteiger partial charge < -0.3 is 15.4 Å². The Morgan fingerprint density at radius 2 is 1.52 bits per heavy atom. The van der Waals surface area contributed by atoms with Crippen LogP contribution in [0.1, 0.15) is 5.69 Å². The largest absolute Gasteiger partial charge is 0.497 e. The van der Waals surface area contributed by atoms with Crippen LogP contribution in [-0.4, -0.2) is 17.1 Å². The minimum atomic E-state index is 0.453. The van der Waals surface area contributed by atoms with E-state index in [0.717, 1.165) is 22.8 Å². The molecule has 0 aliphatic rings. The van der Waals surface area contributed by atoms with E-state index in [1.54, 1.807) is 25.3 Å². The van der Waals surface area contributed by atoms with Crippen molar-refractivity contribution in [1.29, 1.82) is 0 Å². The summed E-state index contributed by atoms with van der Waals surface area (Å²) in [5.74, 6) is 1.92. The van der Waals surface area contributed by atoms with E-state index in [1.165, 1.54) is 0 Å². The molecular formula is C18H16Cl2N4O. The standard InChI is InChI=1S/C18H16Cl2N4O/c1-11-7-17(22-14-3-5-16(25-2)6-4-14)24-18(21-11)23-15-9-12(19)8-13(20)10-15/h3-10H,1-2H3,(H2,21,22,23,24). The smallest absolute Gasteiger partial charge is 0.229 e. The van der Waals surface area contributed by atoms with E-state index in [1.807, 2.05) is 37.3 Å². The number of halogens is 2. The van der Waals surface area contributed by atoms with Crippen LogP contribution in [0.3, 0.4) is 0 Å². The lowest BCUT2D eigenvalue weighted by molar-refractivity contribution is 0.415. The molecule has 0 fully saturated rings. The maximum Gasteiger partial charge on any atom is 0.229 e. The first-order valence-electron chi connectivity index (χ1n) is 7.52. The van der Waals surface area contributed by atoms with E-state index in [4.69, 9.17) is 27.9 Å². The van der Waals surface area contributed by atoms with Gasteiger partial charge in [0.2, 0.25) is 5.95 Å². The van der Waals surface area contributed by atoms with E-state index in [0.29, 0.717) is 21.8 Å². The number of nitrogens with one attached hydrogen (secondary N) is 2. The number of anilines is 4. The fourth-order valence-electron chi connectivity index (χ4n) is 2.27. The highest BCUT2D eigenvalue weighted by Crippen LogP contribution is 2.25. The fraction of sp³-hybridized carbons (Fsp3) is 0.111. The Labute approximate surface area is 156 Å². The van der Waals surface area contributed by atoms with Gasteiger partial charge in [0.05, 0.1) is 7.11 Å². The lowest BCUT2D eigenvalue weighted by Crippen LogP contribution is -2.02. The molecule has 0 unspecified atom stereocenters. The summed E-state index contributed by atoms with van der Waals surface area (Å²) in [7, 11) is 1.64. The predicted molar refractivity (Wildman–Crippen MR) is 103 cm³/mol. The van der Waals surface area contributed by atoms with E-state index in [9.17, 15) is 0 Å². The predicted octanol–water partition coefficient (Wildman–Crippen LogP) is 5.59. The van der Waals surface area contributed by atoms with Gasteiger partial charge in [-0.25, -0.2) is 4.98 Å². The van der Waals surface area contributed by atoms with Crippen molar-refractivity contribution in [1.82, 2.24) is 9.97 Å². The lowest BCUT2D eigenvalue weighted by Gasteiger charge is -2.11. The maximum absolute atomic E-state index is 6.02. The minimum Gasteiger partial charge on any atom is -0.497 e. The summed E-state index contributed by atoms with van der Waals surface area (Å²) < 4.78 is 5.16. The molecule has 0 radical (unpaired) electrons. The Balaban J connectivity index is 1.81. The quantitative estimate of drug-likeness (QED) is 0.609. The van der Waals surface area contributed by atoms with Crippen molar-refractivity contribution in [2.24, 2.45) is 0 Å². The SMILES string of the molecule is COc1ccc(Nc2cc(C)nc(Nc3cc(Cl)cc(Cl)c3)n2)cc1. The number of aryl methyl sites for hydroxylation is 1. The summed E-state index contributed by atoms with van der Waals surface area (Å²) >= 11 is 12.0. The monoisotopic (exact) mass is 374 g/mol. The Kier molecular flexibility index (Phi) is 5.26. The lowest BCUT2D eigenvalue weighted by atomic mass is 10.3. The molecule has 2 N–H and O–H groups in total. The van der Waals surface area contributed by atoms with Gasteiger partial charge >= 0.3 is 0 Å². The number of methoxy groups -OCH3 is 1. The average Bonchev–Trinajstić information content (AvgIpc) is 2.54. The third-order valence-electron chi connectivity index (χ3n) is 3.34. The molecule has 0 bridgehead atoms. The molecule has 1 aromatic heterocycles. The second kappa shape index (κ2) is 7.59. The molecule has 3 rings (SSSR count). The summed E-state index contributed by atoms with van der Waals surface area (Å²) in [4.78, 5) is 8.86. The van der Waals surface area contributed by atoms with Crippen molar-refractivity contribution >= 4 is 46.3 Å². The maximum atomic E-state index is 6.02. The van der Waals surface area contributed by atoms with Gasteiger partial charge in [-0.3, -0.25) is 0 Å². The van der Waals surface area contributed by atoms with E-state index < -0.39 is 0 Å². The van der Waals surface area contributed by atoms with Crippen molar-refractivity contribution < 1.29 is 4.74 Å². The van der Waals surface area contributed by atoms with Gasteiger partial charge in [0, 0.05) is 33.2 Å². The number of ether oxygens (including phenoxy) is 1. The molecule has 25 heavy (non-hydrogen) atoms. The number of aromatic nitrogens is 2. The van der Waals surface area contributed by atoms with Crippen molar-refractivity contribution in [3.63, 3.8) is 0 Å². The molecule has 3 aromatic rings. The highest BCUT2D eigenvalue weighted by atomic mass is 35.5. The van der Waals surface area contributed by atoms with Crippen molar-refractivity contribution in [3.8, 4) is 5.75 Å². The molecule has 128 valence electrons. The van der Waals surface area contributed by atoms with Gasteiger partial charge in [0.1, 0.15) is 11.6 Å². The highest BCUT2D eigenvalue weighted by molar-refractivity contribution is 6.35. The van der Waals surface area contributed by atoms with Crippen LogP contribution in [0.4, 0.5) is 23.1 Å². The van der Waals surface area contributed by atoms with Gasteiger partial charge in [-0.15, -0.1) is 0 Å². The Morgan fingerprint density at radius 3 is 2.16 bits per heavy atom. The minimum absolute atomic E-state index is 0.453. The molecule has 0 aliphatic carbocycles. The van der Waals surface area contributed by atoms with Crippen LogP contribution < -0.4 is 15.4 Å². The van der Waals surface area contributed by atoms with Crippen LogP contribution in [0.15, 0.2) is 48.5 Å². The van der Waals surface area contributed by atoms with E-state index >= 15 is 0 Å². The molecule has 2 aromatic carbocycles. The third kappa shape index (κ3) is 4.75. The third-order valence-corrected chi connectivity index (χ3v) is 3.77. The average molecular weight is 375 g/mol. The van der Waals surface area contributed by atoms with Gasteiger partial charge in [-0.2, -0.15) is 4.98 Å². The van der Waals surface area contributed by atoms with Crippen molar-refractivity contribution in [2.75, 3.05) is 17.7 Å². The molecule has 0 atom stereocenters. The molecule has 0 saturated heterocycles. The molecule has 0 spiro atoms. The molecule has 0 saturated carbocycles. The van der Waals surface area contributed by atoms with Crippen molar-refractivity contribution in [2.45, 2.75) is 6.92 Å². The molecule has 0 amide bonds. The fourth-order valence-corrected chi connectivity index (χ4v) is 2.79. The number of rotatable bonds is 5. The first-order valence-corrected chi connectivity index (χ1v) is 8.27. The molecular weight excluding hydrogens is 359 g/mol. The number of benzene rings is 2. The molecule has 7 heteroatoms. The topological polar surface area (TPSA) is 59.1 Å². The van der Waals surface area contributed by atoms with Crippen LogP contribution in [0.2, 0.25) is 10.0 Å². The van der Waals surface area contributed by atoms with Crippen LogP contribution in [0, 0.1) is 6.92 Å². The highest BCUT2D eigenvalue weighted by Gasteiger charge is 2.05. The van der Waals surface area contributed by atoms with E-state index in [-0.39, 0.29) is 0 Å².